The summed E-state index contributed by atoms with van der Waals surface area (Å²) in [5.74, 6) is 3.35. The Hall–Kier alpha value is -4.51. The van der Waals surface area contributed by atoms with Crippen LogP contribution in [-0.4, -0.2) is 68.8 Å². The lowest BCUT2D eigenvalue weighted by atomic mass is 9.86. The zero-order chi connectivity index (χ0) is 32.6. The number of hydrogen-bond acceptors (Lipinski definition) is 9. The Balaban J connectivity index is 1.29. The maximum atomic E-state index is 13.1. The minimum atomic E-state index is -0.0960. The van der Waals surface area contributed by atoms with E-state index >= 15 is 0 Å². The number of piperidine rings is 1. The van der Waals surface area contributed by atoms with Crippen molar-refractivity contribution in [1.29, 1.82) is 0 Å². The highest BCUT2D eigenvalue weighted by Crippen LogP contribution is 2.40. The highest BCUT2D eigenvalue weighted by atomic mass is 16.5. The van der Waals surface area contributed by atoms with Crippen molar-refractivity contribution in [2.75, 3.05) is 37.5 Å². The number of carbonyl (C=O) groups excluding carboxylic acids is 1. The molecule has 1 amide bonds. The van der Waals surface area contributed by atoms with Gasteiger partial charge in [-0.1, -0.05) is 52.0 Å². The van der Waals surface area contributed by atoms with E-state index < -0.39 is 0 Å². The molecule has 1 atom stereocenters. The monoisotopic (exact) mass is 623 g/mol. The number of amides is 1. The average molecular weight is 624 g/mol. The fourth-order valence-corrected chi connectivity index (χ4v) is 6.35. The summed E-state index contributed by atoms with van der Waals surface area (Å²) >= 11 is 0. The number of rotatable bonds is 8. The standard InChI is InChI=1S/C35H45N9O2/c1-8-28-32-41-40-22(2)44(32)29-20-36-34(39-31(29)43(28)21-23-9-12-25(13-10-23)35(3,4)5)38-27-14-11-24(19-30(27)46-7)33(45)37-26-15-17-42(6)18-16-26/h9-14,19-20,26,28H,8,15-18,21H2,1-7H3,(H,37,45)(H,36,38,39)/t28-/m1/s1. The number of carbonyl (C=O) groups is 1. The van der Waals surface area contributed by atoms with Crippen LogP contribution in [0.15, 0.2) is 48.7 Å². The maximum Gasteiger partial charge on any atom is 0.251 e. The second-order valence-corrected chi connectivity index (χ2v) is 13.4. The van der Waals surface area contributed by atoms with Gasteiger partial charge in [0.15, 0.2) is 11.6 Å². The zero-order valence-electron chi connectivity index (χ0n) is 28.0. The Bertz CT molecular complexity index is 1700. The maximum absolute atomic E-state index is 13.1. The predicted molar refractivity (Wildman–Crippen MR) is 180 cm³/mol. The SMILES string of the molecule is CC[C@@H]1c2nnc(C)n2-c2cnc(Nc3ccc(C(=O)NC4CCN(C)CC4)cc3OC)nc2N1Cc1ccc(C(C)(C)C)cc1. The predicted octanol–water partition coefficient (Wildman–Crippen LogP) is 5.71. The minimum absolute atomic E-state index is 0.0179. The molecule has 2 aromatic carbocycles. The van der Waals surface area contributed by atoms with Gasteiger partial charge < -0.3 is 25.2 Å². The molecule has 1 fully saturated rings. The fraction of sp³-hybridized carbons (Fsp3) is 0.457. The third kappa shape index (κ3) is 6.28. The fourth-order valence-electron chi connectivity index (χ4n) is 6.35. The first-order chi connectivity index (χ1) is 22.0. The number of nitrogens with zero attached hydrogens (tertiary/aromatic N) is 7. The van der Waals surface area contributed by atoms with E-state index in [1.165, 1.54) is 11.1 Å². The highest BCUT2D eigenvalue weighted by molar-refractivity contribution is 5.95. The lowest BCUT2D eigenvalue weighted by Crippen LogP contribution is -2.43. The van der Waals surface area contributed by atoms with Gasteiger partial charge in [-0.3, -0.25) is 9.36 Å². The molecule has 11 nitrogen and oxygen atoms in total. The number of likely N-dealkylation sites (tertiary alicyclic amines) is 1. The van der Waals surface area contributed by atoms with Gasteiger partial charge in [0, 0.05) is 18.2 Å². The van der Waals surface area contributed by atoms with Gasteiger partial charge in [0.2, 0.25) is 5.95 Å². The molecular formula is C35H45N9O2. The minimum Gasteiger partial charge on any atom is -0.495 e. The first-order valence-electron chi connectivity index (χ1n) is 16.2. The summed E-state index contributed by atoms with van der Waals surface area (Å²) in [6, 6.07) is 14.4. The number of aryl methyl sites for hydroxylation is 1. The third-order valence-electron chi connectivity index (χ3n) is 9.11. The van der Waals surface area contributed by atoms with E-state index in [0.29, 0.717) is 29.5 Å². The number of fused-ring (bicyclic) bond motifs is 3. The first kappa shape index (κ1) is 31.5. The molecule has 2 aliphatic rings. The molecule has 0 spiro atoms. The van der Waals surface area contributed by atoms with Crippen LogP contribution in [0.25, 0.3) is 5.69 Å². The molecule has 2 aromatic heterocycles. The summed E-state index contributed by atoms with van der Waals surface area (Å²) in [6.45, 7) is 13.4. The summed E-state index contributed by atoms with van der Waals surface area (Å²) < 4.78 is 7.77. The summed E-state index contributed by atoms with van der Waals surface area (Å²) in [5, 5.41) is 15.5. The Kier molecular flexibility index (Phi) is 8.69. The second-order valence-electron chi connectivity index (χ2n) is 13.4. The zero-order valence-corrected chi connectivity index (χ0v) is 28.0. The van der Waals surface area contributed by atoms with Gasteiger partial charge in [0.25, 0.3) is 5.91 Å². The van der Waals surface area contributed by atoms with Crippen LogP contribution in [-0.2, 0) is 12.0 Å². The molecular weight excluding hydrogens is 578 g/mol. The van der Waals surface area contributed by atoms with Crippen LogP contribution in [0.4, 0.5) is 17.5 Å². The average Bonchev–Trinajstić information content (AvgIpc) is 3.43. The van der Waals surface area contributed by atoms with Crippen LogP contribution in [0.1, 0.15) is 86.1 Å². The Morgan fingerprint density at radius 3 is 2.48 bits per heavy atom. The van der Waals surface area contributed by atoms with Crippen molar-refractivity contribution >= 4 is 23.4 Å². The van der Waals surface area contributed by atoms with Gasteiger partial charge in [-0.05, 0) is 81.1 Å². The molecule has 0 saturated carbocycles. The largest absolute Gasteiger partial charge is 0.495 e. The van der Waals surface area contributed by atoms with E-state index in [1.54, 1.807) is 19.2 Å². The molecule has 0 radical (unpaired) electrons. The van der Waals surface area contributed by atoms with Crippen LogP contribution < -0.4 is 20.3 Å². The van der Waals surface area contributed by atoms with Gasteiger partial charge in [0.05, 0.1) is 25.0 Å². The normalized spacial score (nSPS) is 16.9. The van der Waals surface area contributed by atoms with Crippen molar-refractivity contribution in [2.24, 2.45) is 0 Å². The van der Waals surface area contributed by atoms with Crippen LogP contribution in [0.3, 0.4) is 0 Å². The number of anilines is 3. The molecule has 6 rings (SSSR count). The van der Waals surface area contributed by atoms with Crippen LogP contribution >= 0.6 is 0 Å². The molecule has 46 heavy (non-hydrogen) atoms. The lowest BCUT2D eigenvalue weighted by Gasteiger charge is -2.37. The Morgan fingerprint density at radius 1 is 1.07 bits per heavy atom. The molecule has 11 heteroatoms. The second kappa shape index (κ2) is 12.7. The van der Waals surface area contributed by atoms with Crippen molar-refractivity contribution in [3.63, 3.8) is 0 Å². The van der Waals surface area contributed by atoms with Gasteiger partial charge in [-0.25, -0.2) is 4.98 Å². The van der Waals surface area contributed by atoms with Crippen molar-refractivity contribution in [1.82, 2.24) is 34.9 Å². The van der Waals surface area contributed by atoms with Gasteiger partial charge in [-0.15, -0.1) is 10.2 Å². The topological polar surface area (TPSA) is 113 Å². The molecule has 1 saturated heterocycles. The number of hydrogen-bond donors (Lipinski definition) is 2. The van der Waals surface area contributed by atoms with Crippen molar-refractivity contribution in [3.05, 3.63) is 77.0 Å². The summed E-state index contributed by atoms with van der Waals surface area (Å²) in [6.07, 6.45) is 4.55. The van der Waals surface area contributed by atoms with Crippen LogP contribution in [0, 0.1) is 6.92 Å². The Labute approximate surface area is 271 Å². The highest BCUT2D eigenvalue weighted by Gasteiger charge is 2.35. The van der Waals surface area contributed by atoms with E-state index in [4.69, 9.17) is 14.7 Å². The molecule has 242 valence electrons. The lowest BCUT2D eigenvalue weighted by molar-refractivity contribution is 0.0916. The van der Waals surface area contributed by atoms with Gasteiger partial charge in [-0.2, -0.15) is 4.98 Å². The summed E-state index contributed by atoms with van der Waals surface area (Å²) in [5.41, 5.74) is 4.63. The van der Waals surface area contributed by atoms with E-state index in [2.05, 4.69) is 94.2 Å². The number of benzene rings is 2. The van der Waals surface area contributed by atoms with Crippen LogP contribution in [0.2, 0.25) is 0 Å². The Morgan fingerprint density at radius 2 is 1.80 bits per heavy atom. The molecule has 4 heterocycles. The summed E-state index contributed by atoms with van der Waals surface area (Å²) in [4.78, 5) is 27.4. The smallest absolute Gasteiger partial charge is 0.251 e. The van der Waals surface area contributed by atoms with Crippen molar-refractivity contribution < 1.29 is 9.53 Å². The van der Waals surface area contributed by atoms with Crippen LogP contribution in [0.5, 0.6) is 5.75 Å². The van der Waals surface area contributed by atoms with Crippen molar-refractivity contribution in [2.45, 2.75) is 77.9 Å². The van der Waals surface area contributed by atoms with E-state index in [1.807, 2.05) is 19.2 Å². The van der Waals surface area contributed by atoms with E-state index in [0.717, 1.165) is 55.5 Å². The summed E-state index contributed by atoms with van der Waals surface area (Å²) in [7, 11) is 3.71. The number of ether oxygens (including phenoxy) is 1. The van der Waals surface area contributed by atoms with E-state index in [-0.39, 0.29) is 23.4 Å². The van der Waals surface area contributed by atoms with Gasteiger partial charge >= 0.3 is 0 Å². The molecule has 2 N–H and O–H groups in total. The number of nitrogens with one attached hydrogen (secondary N) is 2. The number of aromatic nitrogens is 5. The van der Waals surface area contributed by atoms with Gasteiger partial charge in [0.1, 0.15) is 17.3 Å². The quantitative estimate of drug-likeness (QED) is 0.255. The molecule has 0 aliphatic carbocycles. The molecule has 2 aliphatic heterocycles. The van der Waals surface area contributed by atoms with E-state index in [9.17, 15) is 4.79 Å². The molecule has 0 bridgehead atoms. The van der Waals surface area contributed by atoms with Crippen molar-refractivity contribution in [3.8, 4) is 11.4 Å². The molecule has 4 aromatic rings. The third-order valence-corrected chi connectivity index (χ3v) is 9.11. The molecule has 0 unspecified atom stereocenters. The number of methoxy groups -OCH3 is 1. The first-order valence-corrected chi connectivity index (χ1v) is 16.2.